The number of carboxylic acid groups (broad SMARTS) is 1. The van der Waals surface area contributed by atoms with Gasteiger partial charge in [0.15, 0.2) is 5.69 Å². The summed E-state index contributed by atoms with van der Waals surface area (Å²) in [6, 6.07) is 6.49. The van der Waals surface area contributed by atoms with Crippen LogP contribution >= 0.6 is 0 Å². The summed E-state index contributed by atoms with van der Waals surface area (Å²) in [7, 11) is 2.77. The number of rotatable bonds is 7. The van der Waals surface area contributed by atoms with Crippen LogP contribution in [0.5, 0.6) is 11.5 Å². The van der Waals surface area contributed by atoms with E-state index >= 15 is 0 Å². The molecule has 0 aliphatic heterocycles. The van der Waals surface area contributed by atoms with Crippen LogP contribution in [0.25, 0.3) is 11.1 Å². The molecule has 0 fully saturated rings. The van der Waals surface area contributed by atoms with Gasteiger partial charge in [0.2, 0.25) is 0 Å². The van der Waals surface area contributed by atoms with Gasteiger partial charge in [-0.2, -0.15) is 0 Å². The van der Waals surface area contributed by atoms with Gasteiger partial charge in [0.1, 0.15) is 23.1 Å². The molecule has 0 radical (unpaired) electrons. The molecule has 0 bridgehead atoms. The van der Waals surface area contributed by atoms with Crippen molar-refractivity contribution in [3.05, 3.63) is 76.2 Å². The van der Waals surface area contributed by atoms with E-state index in [1.807, 2.05) is 0 Å². The summed E-state index contributed by atoms with van der Waals surface area (Å²) in [5, 5.41) is 23.9. The molecule has 1 aromatic heterocycles. The minimum Gasteiger partial charge on any atom is -0.505 e. The van der Waals surface area contributed by atoms with Gasteiger partial charge < -0.3 is 30.2 Å². The highest BCUT2D eigenvalue weighted by Crippen LogP contribution is 2.32. The van der Waals surface area contributed by atoms with E-state index in [4.69, 9.17) is 4.74 Å². The molecule has 0 saturated carbocycles. The van der Waals surface area contributed by atoms with Crippen molar-refractivity contribution in [2.45, 2.75) is 12.5 Å². The molecular formula is C23H21F2N3O6. The highest BCUT2D eigenvalue weighted by Gasteiger charge is 2.22. The molecule has 9 nitrogen and oxygen atoms in total. The predicted molar refractivity (Wildman–Crippen MR) is 119 cm³/mol. The van der Waals surface area contributed by atoms with Crippen molar-refractivity contribution in [3.63, 3.8) is 0 Å². The number of urea groups is 1. The molecule has 0 aliphatic carbocycles. The van der Waals surface area contributed by atoms with E-state index in [0.717, 1.165) is 10.6 Å². The first-order valence-corrected chi connectivity index (χ1v) is 9.91. The Hall–Kier alpha value is -4.41. The zero-order valence-corrected chi connectivity index (χ0v) is 18.1. The summed E-state index contributed by atoms with van der Waals surface area (Å²) in [6.07, 6.45) is 0.741. The largest absolute Gasteiger partial charge is 0.505 e. The first kappa shape index (κ1) is 24.2. The van der Waals surface area contributed by atoms with E-state index < -0.39 is 53.1 Å². The van der Waals surface area contributed by atoms with Gasteiger partial charge in [-0.3, -0.25) is 9.59 Å². The van der Waals surface area contributed by atoms with Crippen molar-refractivity contribution in [1.82, 2.24) is 9.88 Å². The van der Waals surface area contributed by atoms with Gasteiger partial charge in [-0.05, 0) is 47.5 Å². The summed E-state index contributed by atoms with van der Waals surface area (Å²) < 4.78 is 34.1. The Morgan fingerprint density at radius 3 is 2.53 bits per heavy atom. The molecule has 0 saturated heterocycles. The fourth-order valence-electron chi connectivity index (χ4n) is 3.29. The molecule has 2 amide bonds. The molecule has 2 aromatic carbocycles. The number of methoxy groups -OCH3 is 1. The highest BCUT2D eigenvalue weighted by atomic mass is 19.1. The Morgan fingerprint density at radius 1 is 1.15 bits per heavy atom. The minimum absolute atomic E-state index is 0.0396. The normalized spacial score (nSPS) is 11.5. The smallest absolute Gasteiger partial charge is 0.319 e. The third kappa shape index (κ3) is 5.49. The van der Waals surface area contributed by atoms with Crippen molar-refractivity contribution >= 4 is 17.7 Å². The number of aromatic hydroxyl groups is 1. The molecule has 0 aliphatic rings. The van der Waals surface area contributed by atoms with E-state index in [2.05, 4.69) is 10.6 Å². The second kappa shape index (κ2) is 10.0. The van der Waals surface area contributed by atoms with Crippen LogP contribution in [0.15, 0.2) is 53.5 Å². The van der Waals surface area contributed by atoms with E-state index in [0.29, 0.717) is 6.07 Å². The number of carbonyl (C=O) groups is 2. The number of pyridine rings is 1. The Bertz CT molecular complexity index is 1310. The van der Waals surface area contributed by atoms with Gasteiger partial charge in [0.05, 0.1) is 19.6 Å². The number of carbonyl (C=O) groups excluding carboxylic acids is 1. The number of aliphatic carboxylic acids is 1. The lowest BCUT2D eigenvalue weighted by molar-refractivity contribution is -0.137. The van der Waals surface area contributed by atoms with Gasteiger partial charge in [-0.25, -0.2) is 13.6 Å². The number of halogens is 2. The van der Waals surface area contributed by atoms with Gasteiger partial charge >= 0.3 is 12.0 Å². The van der Waals surface area contributed by atoms with Crippen molar-refractivity contribution in [1.29, 1.82) is 0 Å². The van der Waals surface area contributed by atoms with Gasteiger partial charge in [0, 0.05) is 24.9 Å². The number of anilines is 1. The lowest BCUT2D eigenvalue weighted by atomic mass is 9.97. The predicted octanol–water partition coefficient (Wildman–Crippen LogP) is 3.38. The number of amides is 2. The van der Waals surface area contributed by atoms with Crippen molar-refractivity contribution in [3.8, 4) is 22.6 Å². The van der Waals surface area contributed by atoms with Gasteiger partial charge in [-0.15, -0.1) is 0 Å². The van der Waals surface area contributed by atoms with Crippen LogP contribution in [-0.2, 0) is 11.8 Å². The maximum atomic E-state index is 14.4. The molecule has 178 valence electrons. The molecule has 34 heavy (non-hydrogen) atoms. The number of hydrogen-bond donors (Lipinski definition) is 4. The topological polar surface area (TPSA) is 130 Å². The molecular weight excluding hydrogens is 452 g/mol. The Morgan fingerprint density at radius 2 is 1.88 bits per heavy atom. The van der Waals surface area contributed by atoms with Crippen LogP contribution in [0.2, 0.25) is 0 Å². The molecule has 0 spiro atoms. The Labute approximate surface area is 192 Å². The molecule has 1 unspecified atom stereocenters. The fraction of sp³-hybridized carbons (Fsp3) is 0.174. The molecule has 1 atom stereocenters. The Balaban J connectivity index is 1.97. The molecule has 1 heterocycles. The van der Waals surface area contributed by atoms with Crippen LogP contribution < -0.4 is 20.9 Å². The zero-order valence-electron chi connectivity index (χ0n) is 18.1. The zero-order chi connectivity index (χ0) is 25.0. The quantitative estimate of drug-likeness (QED) is 0.416. The third-order valence-electron chi connectivity index (χ3n) is 4.98. The SMILES string of the molecule is COc1cc(-c2ccc(F)cc2F)cc(C(CC(=O)O)NC(=O)Nc2c(O)ccn(C)c2=O)c1. The first-order chi connectivity index (χ1) is 16.1. The van der Waals surface area contributed by atoms with E-state index in [1.54, 1.807) is 0 Å². The third-order valence-corrected chi connectivity index (χ3v) is 4.98. The van der Waals surface area contributed by atoms with Crippen molar-refractivity contribution in [2.75, 3.05) is 12.4 Å². The molecule has 4 N–H and O–H groups in total. The van der Waals surface area contributed by atoms with Gasteiger partial charge in [0.25, 0.3) is 5.56 Å². The van der Waals surface area contributed by atoms with Crippen LogP contribution in [0, 0.1) is 11.6 Å². The number of aryl methyl sites for hydroxylation is 1. The summed E-state index contributed by atoms with van der Waals surface area (Å²) >= 11 is 0. The van der Waals surface area contributed by atoms with Crippen molar-refractivity contribution < 1.29 is 33.3 Å². The second-order valence-electron chi connectivity index (χ2n) is 7.36. The van der Waals surface area contributed by atoms with E-state index in [1.165, 1.54) is 50.7 Å². The number of nitrogens with one attached hydrogen (secondary N) is 2. The van der Waals surface area contributed by atoms with Crippen LogP contribution in [0.1, 0.15) is 18.0 Å². The number of benzene rings is 2. The fourth-order valence-corrected chi connectivity index (χ4v) is 3.29. The monoisotopic (exact) mass is 473 g/mol. The number of aromatic nitrogens is 1. The number of ether oxygens (including phenoxy) is 1. The molecule has 3 rings (SSSR count). The number of hydrogen-bond acceptors (Lipinski definition) is 5. The summed E-state index contributed by atoms with van der Waals surface area (Å²) in [5.41, 5.74) is -0.519. The van der Waals surface area contributed by atoms with Gasteiger partial charge in [-0.1, -0.05) is 0 Å². The Kier molecular flexibility index (Phi) is 7.15. The molecule has 3 aromatic rings. The minimum atomic E-state index is -1.25. The van der Waals surface area contributed by atoms with Crippen LogP contribution in [0.3, 0.4) is 0 Å². The first-order valence-electron chi connectivity index (χ1n) is 9.91. The lowest BCUT2D eigenvalue weighted by Gasteiger charge is -2.20. The van der Waals surface area contributed by atoms with Crippen molar-refractivity contribution in [2.24, 2.45) is 7.05 Å². The molecule has 11 heteroatoms. The lowest BCUT2D eigenvalue weighted by Crippen LogP contribution is -2.36. The van der Waals surface area contributed by atoms with Crippen LogP contribution in [-0.4, -0.2) is 33.9 Å². The number of carboxylic acids is 1. The standard InChI is InChI=1S/C23H21F2N3O6/c1-28-6-5-19(29)21(22(28)32)27-23(33)26-18(11-20(30)31)13-7-12(8-15(9-13)34-2)16-4-3-14(24)10-17(16)25/h3-10,18,29H,11H2,1-2H3,(H,30,31)(H2,26,27,33). The maximum Gasteiger partial charge on any atom is 0.319 e. The maximum absolute atomic E-state index is 14.4. The van der Waals surface area contributed by atoms with E-state index in [9.17, 15) is 33.4 Å². The number of nitrogens with zero attached hydrogens (tertiary/aromatic N) is 1. The summed E-state index contributed by atoms with van der Waals surface area (Å²) in [5.74, 6) is -3.08. The summed E-state index contributed by atoms with van der Waals surface area (Å²) in [4.78, 5) is 36.3. The average Bonchev–Trinajstić information content (AvgIpc) is 2.78. The second-order valence-corrected chi connectivity index (χ2v) is 7.36. The van der Waals surface area contributed by atoms with E-state index in [-0.39, 0.29) is 22.4 Å². The highest BCUT2D eigenvalue weighted by molar-refractivity contribution is 5.91. The van der Waals surface area contributed by atoms with Crippen LogP contribution in [0.4, 0.5) is 19.3 Å². The average molecular weight is 473 g/mol. The summed E-state index contributed by atoms with van der Waals surface area (Å²) in [6.45, 7) is 0.